The van der Waals surface area contributed by atoms with Crippen LogP contribution in [0.1, 0.15) is 43.3 Å². The highest BCUT2D eigenvalue weighted by Gasteiger charge is 2.14. The summed E-state index contributed by atoms with van der Waals surface area (Å²) in [5.74, 6) is 0. The van der Waals surface area contributed by atoms with Crippen LogP contribution in [-0.4, -0.2) is 20.3 Å². The van der Waals surface area contributed by atoms with Crippen molar-refractivity contribution in [1.82, 2.24) is 20.1 Å². The minimum absolute atomic E-state index is 0.0815. The van der Waals surface area contributed by atoms with E-state index in [0.29, 0.717) is 0 Å². The summed E-state index contributed by atoms with van der Waals surface area (Å²) in [5.41, 5.74) is 5.85. The first kappa shape index (κ1) is 14.7. The van der Waals surface area contributed by atoms with Crippen molar-refractivity contribution in [3.8, 4) is 5.69 Å². The van der Waals surface area contributed by atoms with Crippen molar-refractivity contribution < 1.29 is 0 Å². The van der Waals surface area contributed by atoms with E-state index in [2.05, 4.69) is 50.0 Å². The Morgan fingerprint density at radius 2 is 1.90 bits per heavy atom. The molecule has 2 aromatic heterocycles. The van der Waals surface area contributed by atoms with Gasteiger partial charge in [0.1, 0.15) is 0 Å². The zero-order chi connectivity index (χ0) is 14.9. The number of pyridine rings is 1. The summed E-state index contributed by atoms with van der Waals surface area (Å²) in [4.78, 5) is 4.25. The van der Waals surface area contributed by atoms with Crippen LogP contribution in [-0.2, 0) is 6.54 Å². The Hall–Kier alpha value is -1.68. The summed E-state index contributed by atoms with van der Waals surface area (Å²) in [5, 5.41) is 8.15. The second-order valence-corrected chi connectivity index (χ2v) is 6.32. The first-order valence-electron chi connectivity index (χ1n) is 7.01. The molecule has 2 heterocycles. The van der Waals surface area contributed by atoms with Crippen molar-refractivity contribution in [1.29, 1.82) is 0 Å². The van der Waals surface area contributed by atoms with Crippen molar-refractivity contribution in [3.63, 3.8) is 0 Å². The molecule has 108 valence electrons. The van der Waals surface area contributed by atoms with Gasteiger partial charge in [0.2, 0.25) is 0 Å². The van der Waals surface area contributed by atoms with E-state index in [1.54, 1.807) is 0 Å². The van der Waals surface area contributed by atoms with Crippen LogP contribution < -0.4 is 5.32 Å². The van der Waals surface area contributed by atoms with Crippen LogP contribution in [0.25, 0.3) is 5.69 Å². The van der Waals surface area contributed by atoms with Gasteiger partial charge in [-0.1, -0.05) is 0 Å². The van der Waals surface area contributed by atoms with Gasteiger partial charge in [-0.25, -0.2) is 4.68 Å². The predicted octanol–water partition coefficient (Wildman–Crippen LogP) is 3.08. The van der Waals surface area contributed by atoms with E-state index in [0.717, 1.165) is 23.5 Å². The van der Waals surface area contributed by atoms with Gasteiger partial charge in [0.25, 0.3) is 0 Å². The minimum atomic E-state index is 0.0815. The summed E-state index contributed by atoms with van der Waals surface area (Å²) in [7, 11) is 0. The molecule has 0 amide bonds. The number of nitrogens with zero attached hydrogens (tertiary/aromatic N) is 3. The Balaban J connectivity index is 2.39. The van der Waals surface area contributed by atoms with Crippen LogP contribution in [0, 0.1) is 20.8 Å². The normalized spacial score (nSPS) is 11.9. The Labute approximate surface area is 121 Å². The number of hydrogen-bond acceptors (Lipinski definition) is 3. The SMILES string of the molecule is Cc1nn(-c2ccncc2CNC(C)(C)C)c(C)c1C. The molecule has 20 heavy (non-hydrogen) atoms. The van der Waals surface area contributed by atoms with Gasteiger partial charge in [0.05, 0.1) is 11.4 Å². The highest BCUT2D eigenvalue weighted by atomic mass is 15.3. The van der Waals surface area contributed by atoms with Crippen LogP contribution in [0.2, 0.25) is 0 Å². The fourth-order valence-electron chi connectivity index (χ4n) is 2.08. The van der Waals surface area contributed by atoms with Gasteiger partial charge in [-0.15, -0.1) is 0 Å². The quantitative estimate of drug-likeness (QED) is 0.933. The summed E-state index contributed by atoms with van der Waals surface area (Å²) >= 11 is 0. The maximum Gasteiger partial charge on any atom is 0.0724 e. The summed E-state index contributed by atoms with van der Waals surface area (Å²) in [6, 6.07) is 2.03. The summed E-state index contributed by atoms with van der Waals surface area (Å²) in [6.07, 6.45) is 3.74. The highest BCUT2D eigenvalue weighted by Crippen LogP contribution is 2.19. The lowest BCUT2D eigenvalue weighted by atomic mass is 10.1. The molecule has 0 aliphatic carbocycles. The average Bonchev–Trinajstić information content (AvgIpc) is 2.64. The van der Waals surface area contributed by atoms with Gasteiger partial charge >= 0.3 is 0 Å². The van der Waals surface area contributed by atoms with E-state index in [1.807, 2.05) is 30.1 Å². The van der Waals surface area contributed by atoms with E-state index in [-0.39, 0.29) is 5.54 Å². The van der Waals surface area contributed by atoms with Crippen molar-refractivity contribution in [2.75, 3.05) is 0 Å². The largest absolute Gasteiger partial charge is 0.308 e. The van der Waals surface area contributed by atoms with E-state index in [4.69, 9.17) is 0 Å². The van der Waals surface area contributed by atoms with E-state index in [9.17, 15) is 0 Å². The van der Waals surface area contributed by atoms with E-state index in [1.165, 1.54) is 11.3 Å². The van der Waals surface area contributed by atoms with Crippen molar-refractivity contribution >= 4 is 0 Å². The number of nitrogens with one attached hydrogen (secondary N) is 1. The summed E-state index contributed by atoms with van der Waals surface area (Å²) < 4.78 is 2.02. The molecule has 4 nitrogen and oxygen atoms in total. The Morgan fingerprint density at radius 1 is 1.20 bits per heavy atom. The van der Waals surface area contributed by atoms with Crippen molar-refractivity contribution in [2.24, 2.45) is 0 Å². The molecule has 4 heteroatoms. The standard InChI is InChI=1S/C16H24N4/c1-11-12(2)19-20(13(11)3)15-7-8-17-9-14(15)10-18-16(4,5)6/h7-9,18H,10H2,1-6H3. The van der Waals surface area contributed by atoms with Gasteiger partial charge in [0.15, 0.2) is 0 Å². The first-order valence-corrected chi connectivity index (χ1v) is 7.01. The lowest BCUT2D eigenvalue weighted by molar-refractivity contribution is 0.423. The zero-order valence-corrected chi connectivity index (χ0v) is 13.3. The lowest BCUT2D eigenvalue weighted by Crippen LogP contribution is -2.35. The molecule has 1 N–H and O–H groups in total. The van der Waals surface area contributed by atoms with Crippen LogP contribution in [0.15, 0.2) is 18.5 Å². The smallest absolute Gasteiger partial charge is 0.0724 e. The third kappa shape index (κ3) is 3.07. The molecule has 0 fully saturated rings. The molecule has 0 aromatic carbocycles. The summed E-state index contributed by atoms with van der Waals surface area (Å²) in [6.45, 7) is 13.5. The van der Waals surface area contributed by atoms with Gasteiger partial charge in [-0.05, 0) is 53.2 Å². The molecule has 0 aliphatic rings. The fraction of sp³-hybridized carbons (Fsp3) is 0.500. The van der Waals surface area contributed by atoms with Crippen LogP contribution in [0.5, 0.6) is 0 Å². The van der Waals surface area contributed by atoms with E-state index < -0.39 is 0 Å². The molecule has 0 aliphatic heterocycles. The maximum atomic E-state index is 4.65. The first-order chi connectivity index (χ1) is 9.29. The third-order valence-electron chi connectivity index (χ3n) is 3.57. The number of hydrogen-bond donors (Lipinski definition) is 1. The zero-order valence-electron chi connectivity index (χ0n) is 13.3. The molecule has 0 saturated heterocycles. The average molecular weight is 272 g/mol. The number of aryl methyl sites for hydroxylation is 1. The Kier molecular flexibility index (Phi) is 3.95. The van der Waals surface area contributed by atoms with Crippen LogP contribution in [0.3, 0.4) is 0 Å². The lowest BCUT2D eigenvalue weighted by Gasteiger charge is -2.21. The van der Waals surface area contributed by atoms with Gasteiger partial charge < -0.3 is 5.32 Å². The minimum Gasteiger partial charge on any atom is -0.308 e. The van der Waals surface area contributed by atoms with Gasteiger partial charge in [0, 0.05) is 35.7 Å². The monoisotopic (exact) mass is 272 g/mol. The number of rotatable bonds is 3. The highest BCUT2D eigenvalue weighted by molar-refractivity contribution is 5.41. The van der Waals surface area contributed by atoms with E-state index >= 15 is 0 Å². The molecule has 0 unspecified atom stereocenters. The molecule has 2 aromatic rings. The van der Waals surface area contributed by atoms with Crippen LogP contribution >= 0.6 is 0 Å². The second kappa shape index (κ2) is 5.37. The Morgan fingerprint density at radius 3 is 2.45 bits per heavy atom. The van der Waals surface area contributed by atoms with Gasteiger partial charge in [-0.3, -0.25) is 4.98 Å². The maximum absolute atomic E-state index is 4.65. The molecule has 0 radical (unpaired) electrons. The molecule has 0 atom stereocenters. The third-order valence-corrected chi connectivity index (χ3v) is 3.57. The molecular weight excluding hydrogens is 248 g/mol. The molecule has 0 spiro atoms. The van der Waals surface area contributed by atoms with Crippen molar-refractivity contribution in [2.45, 2.75) is 53.6 Å². The van der Waals surface area contributed by atoms with Crippen molar-refractivity contribution in [3.05, 3.63) is 41.0 Å². The fourth-order valence-corrected chi connectivity index (χ4v) is 2.08. The molecule has 0 saturated carbocycles. The molecular formula is C16H24N4. The predicted molar refractivity (Wildman–Crippen MR) is 82.2 cm³/mol. The van der Waals surface area contributed by atoms with Crippen LogP contribution in [0.4, 0.5) is 0 Å². The Bertz CT molecular complexity index is 605. The molecule has 2 rings (SSSR count). The molecule has 0 bridgehead atoms. The number of aromatic nitrogens is 3. The second-order valence-electron chi connectivity index (χ2n) is 6.32. The van der Waals surface area contributed by atoms with Gasteiger partial charge in [-0.2, -0.15) is 5.10 Å². The topological polar surface area (TPSA) is 42.7 Å².